The van der Waals surface area contributed by atoms with E-state index in [-0.39, 0.29) is 22.6 Å². The summed E-state index contributed by atoms with van der Waals surface area (Å²) in [5, 5.41) is 47.7. The van der Waals surface area contributed by atoms with Gasteiger partial charge in [0.2, 0.25) is 11.6 Å². The van der Waals surface area contributed by atoms with E-state index >= 15 is 0 Å². The molecule has 3 aliphatic carbocycles. The zero-order valence-corrected chi connectivity index (χ0v) is 20.0. The fourth-order valence-electron chi connectivity index (χ4n) is 7.02. The van der Waals surface area contributed by atoms with Gasteiger partial charge >= 0.3 is 0 Å². The molecule has 1 saturated heterocycles. The van der Waals surface area contributed by atoms with Crippen molar-refractivity contribution in [2.24, 2.45) is 17.6 Å². The Morgan fingerprint density at radius 2 is 2.00 bits per heavy atom. The highest BCUT2D eigenvalue weighted by molar-refractivity contribution is 6.14. The molecule has 1 amide bonds. The number of aliphatic hydroxyl groups excluding tert-OH is 2. The molecule has 5 atom stereocenters. The number of benzene rings is 1. The van der Waals surface area contributed by atoms with Crippen LogP contribution >= 0.6 is 0 Å². The number of amides is 1. The summed E-state index contributed by atoms with van der Waals surface area (Å²) >= 11 is 0. The number of rotatable bonds is 3. The number of hydrogen-bond donors (Lipinski definition) is 6. The van der Waals surface area contributed by atoms with Crippen molar-refractivity contribution in [2.45, 2.75) is 36.7 Å². The number of likely N-dealkylation sites (N-methyl/N-ethyl adjacent to an activating group) is 1. The zero-order valence-electron chi connectivity index (χ0n) is 20.0. The van der Waals surface area contributed by atoms with Crippen LogP contribution in [0.15, 0.2) is 35.1 Å². The van der Waals surface area contributed by atoms with Gasteiger partial charge in [0.25, 0.3) is 5.91 Å². The number of primary amides is 1. The molecule has 0 aromatic heterocycles. The highest BCUT2D eigenvalue weighted by Crippen LogP contribution is 2.67. The number of carbonyl (C=O) groups excluding carboxylic acids is 2. The van der Waals surface area contributed by atoms with E-state index < -0.39 is 52.3 Å². The summed E-state index contributed by atoms with van der Waals surface area (Å²) < 4.78 is 5.67. The molecule has 1 unspecified atom stereocenters. The summed E-state index contributed by atoms with van der Waals surface area (Å²) in [4.78, 5) is 27.9. The Bertz CT molecular complexity index is 1330. The SMILES string of the molecule is CN(C)[C@@H]1C(O)=C(C(N)=O)C2(O)O[C@@]23C(=O)C2=C(O)c4c(O)ccc(C5=CCNCC5)c4C[C@H]2C[C@@H]13. The number of phenolic OH excluding ortho intramolecular Hbond substituents is 1. The number of phenols is 1. The number of hydrogen-bond acceptors (Lipinski definition) is 9. The van der Waals surface area contributed by atoms with Crippen LogP contribution < -0.4 is 11.1 Å². The van der Waals surface area contributed by atoms with Gasteiger partial charge in [0.05, 0.1) is 11.6 Å². The number of Topliss-reactive ketones (excluding diaryl/α,β-unsaturated/α-hetero) is 1. The number of fused-ring (bicyclic) bond motifs is 2. The standard InChI is InChI=1S/C26H29N3O7/c1-29(2)20-15-10-12-9-14-13(11-5-7-28-8-6-11)3-4-16(30)18(14)21(31)17(12)23(33)25(15)26(35,36-25)19(22(20)32)24(27)34/h3-5,12,15,20,28,30-32,35H,6-10H2,1-2H3,(H2,27,34)/t12-,15-,20-,25-,26?/m0/s1. The van der Waals surface area contributed by atoms with Crippen molar-refractivity contribution >= 4 is 23.0 Å². The van der Waals surface area contributed by atoms with Gasteiger partial charge in [-0.3, -0.25) is 14.5 Å². The van der Waals surface area contributed by atoms with E-state index in [1.807, 2.05) is 6.07 Å². The third-order valence-corrected chi connectivity index (χ3v) is 8.52. The molecule has 6 rings (SSSR count). The Kier molecular flexibility index (Phi) is 4.79. The van der Waals surface area contributed by atoms with Gasteiger partial charge in [-0.1, -0.05) is 12.1 Å². The van der Waals surface area contributed by atoms with Gasteiger partial charge in [0.1, 0.15) is 22.8 Å². The number of ketones is 1. The molecule has 2 fully saturated rings. The van der Waals surface area contributed by atoms with Crippen LogP contribution in [0.4, 0.5) is 0 Å². The lowest BCUT2D eigenvalue weighted by atomic mass is 9.58. The second-order valence-electron chi connectivity index (χ2n) is 10.5. The fourth-order valence-corrected chi connectivity index (χ4v) is 7.02. The summed E-state index contributed by atoms with van der Waals surface area (Å²) in [6, 6.07) is 2.55. The van der Waals surface area contributed by atoms with Crippen LogP contribution in [0.5, 0.6) is 5.75 Å². The molecule has 0 radical (unpaired) electrons. The van der Waals surface area contributed by atoms with Crippen molar-refractivity contribution < 1.29 is 34.8 Å². The quantitative estimate of drug-likeness (QED) is 0.327. The molecule has 1 saturated carbocycles. The van der Waals surface area contributed by atoms with E-state index in [4.69, 9.17) is 10.5 Å². The predicted octanol–water partition coefficient (Wildman–Crippen LogP) is 0.498. The molecular weight excluding hydrogens is 466 g/mol. The number of ether oxygens (including phenoxy) is 1. The van der Waals surface area contributed by atoms with Gasteiger partial charge in [0, 0.05) is 18.0 Å². The summed E-state index contributed by atoms with van der Waals surface area (Å²) in [7, 11) is 3.40. The maximum atomic E-state index is 14.0. The largest absolute Gasteiger partial charge is 0.510 e. The Morgan fingerprint density at radius 1 is 1.25 bits per heavy atom. The van der Waals surface area contributed by atoms with Crippen molar-refractivity contribution in [1.29, 1.82) is 0 Å². The van der Waals surface area contributed by atoms with Gasteiger partial charge < -0.3 is 36.2 Å². The van der Waals surface area contributed by atoms with Crippen molar-refractivity contribution in [3.8, 4) is 5.75 Å². The molecule has 10 heteroatoms. The molecule has 7 N–H and O–H groups in total. The summed E-state index contributed by atoms with van der Waals surface area (Å²) in [6.07, 6.45) is 3.56. The zero-order chi connectivity index (χ0) is 25.7. The van der Waals surface area contributed by atoms with Gasteiger partial charge in [0.15, 0.2) is 5.60 Å². The molecule has 1 aromatic rings. The minimum absolute atomic E-state index is 0.0594. The Hall–Kier alpha value is -3.18. The van der Waals surface area contributed by atoms with Crippen molar-refractivity contribution in [2.75, 3.05) is 27.2 Å². The smallest absolute Gasteiger partial charge is 0.253 e. The molecule has 0 bridgehead atoms. The lowest BCUT2D eigenvalue weighted by Gasteiger charge is -2.46. The van der Waals surface area contributed by atoms with Gasteiger partial charge in [-0.2, -0.15) is 0 Å². The van der Waals surface area contributed by atoms with Crippen LogP contribution in [0.3, 0.4) is 0 Å². The van der Waals surface area contributed by atoms with Crippen LogP contribution in [0.1, 0.15) is 29.5 Å². The highest BCUT2D eigenvalue weighted by Gasteiger charge is 2.85. The van der Waals surface area contributed by atoms with E-state index in [2.05, 4.69) is 11.4 Å². The van der Waals surface area contributed by atoms with Crippen LogP contribution in [-0.4, -0.2) is 81.6 Å². The summed E-state index contributed by atoms with van der Waals surface area (Å²) in [5.74, 6) is -6.15. The van der Waals surface area contributed by atoms with Crippen molar-refractivity contribution in [3.05, 3.63) is 51.8 Å². The Morgan fingerprint density at radius 3 is 2.64 bits per heavy atom. The van der Waals surface area contributed by atoms with E-state index in [9.17, 15) is 30.0 Å². The van der Waals surface area contributed by atoms with Crippen LogP contribution in [0.2, 0.25) is 0 Å². The number of nitrogens with one attached hydrogen (secondary N) is 1. The molecule has 2 aliphatic heterocycles. The molecule has 5 aliphatic rings. The topological polar surface area (TPSA) is 169 Å². The first kappa shape index (κ1) is 23.2. The summed E-state index contributed by atoms with van der Waals surface area (Å²) in [5.41, 5.74) is 6.15. The van der Waals surface area contributed by atoms with Gasteiger partial charge in [-0.15, -0.1) is 0 Å². The fraction of sp³-hybridized carbons (Fsp3) is 0.462. The lowest BCUT2D eigenvalue weighted by molar-refractivity contribution is -0.127. The van der Waals surface area contributed by atoms with E-state index in [1.165, 1.54) is 6.07 Å². The molecule has 2 heterocycles. The Labute approximate surface area is 207 Å². The summed E-state index contributed by atoms with van der Waals surface area (Å²) in [6.45, 7) is 1.54. The first-order valence-electron chi connectivity index (χ1n) is 12.1. The first-order chi connectivity index (χ1) is 17.0. The van der Waals surface area contributed by atoms with Crippen molar-refractivity contribution in [1.82, 2.24) is 10.2 Å². The molecule has 190 valence electrons. The number of aliphatic hydroxyl groups is 3. The normalized spacial score (nSPS) is 35.1. The second kappa shape index (κ2) is 7.42. The highest BCUT2D eigenvalue weighted by atomic mass is 16.8. The molecule has 10 nitrogen and oxygen atoms in total. The van der Waals surface area contributed by atoms with E-state index in [0.717, 1.165) is 36.2 Å². The number of nitrogens with zero attached hydrogens (tertiary/aromatic N) is 1. The maximum Gasteiger partial charge on any atom is 0.253 e. The Balaban J connectivity index is 1.53. The average Bonchev–Trinajstić information content (AvgIpc) is 3.45. The molecule has 1 spiro atoms. The van der Waals surface area contributed by atoms with Crippen molar-refractivity contribution in [3.63, 3.8) is 0 Å². The first-order valence-corrected chi connectivity index (χ1v) is 12.1. The van der Waals surface area contributed by atoms with E-state index in [1.54, 1.807) is 19.0 Å². The number of nitrogens with two attached hydrogens (primary N) is 1. The third-order valence-electron chi connectivity index (χ3n) is 8.52. The minimum Gasteiger partial charge on any atom is -0.510 e. The number of epoxide rings is 1. The second-order valence-corrected chi connectivity index (χ2v) is 10.5. The average molecular weight is 496 g/mol. The van der Waals surface area contributed by atoms with Crippen LogP contribution in [-0.2, 0) is 20.7 Å². The van der Waals surface area contributed by atoms with Gasteiger partial charge in [-0.25, -0.2) is 0 Å². The lowest BCUT2D eigenvalue weighted by Crippen LogP contribution is -2.60. The van der Waals surface area contributed by atoms with E-state index in [0.29, 0.717) is 12.8 Å². The van der Waals surface area contributed by atoms with Crippen LogP contribution in [0.25, 0.3) is 11.3 Å². The molecule has 36 heavy (non-hydrogen) atoms. The number of carbonyl (C=O) groups is 2. The van der Waals surface area contributed by atoms with Gasteiger partial charge in [-0.05, 0) is 68.6 Å². The predicted molar refractivity (Wildman–Crippen MR) is 129 cm³/mol. The molecule has 1 aromatic carbocycles. The third kappa shape index (κ3) is 2.70. The van der Waals surface area contributed by atoms with Crippen LogP contribution in [0, 0.1) is 11.8 Å². The molecular formula is C26H29N3O7. The maximum absolute atomic E-state index is 14.0. The monoisotopic (exact) mass is 495 g/mol. The number of aromatic hydroxyl groups is 1. The minimum atomic E-state index is -2.38.